The summed E-state index contributed by atoms with van der Waals surface area (Å²) in [4.78, 5) is 23.7. The van der Waals surface area contributed by atoms with Crippen LogP contribution < -0.4 is 14.8 Å². The van der Waals surface area contributed by atoms with E-state index < -0.39 is 17.4 Å². The zero-order chi connectivity index (χ0) is 17.6. The van der Waals surface area contributed by atoms with Gasteiger partial charge in [0.15, 0.2) is 11.5 Å². The molecule has 1 aromatic rings. The summed E-state index contributed by atoms with van der Waals surface area (Å²) in [5, 5.41) is 12.2. The third kappa shape index (κ3) is 4.07. The smallest absolute Gasteiger partial charge is 0.329 e. The van der Waals surface area contributed by atoms with Crippen LogP contribution in [0.4, 0.5) is 0 Å². The molecule has 130 valence electrons. The molecule has 24 heavy (non-hydrogen) atoms. The number of carboxylic acid groups (broad SMARTS) is 1. The monoisotopic (exact) mass is 333 g/mol. The van der Waals surface area contributed by atoms with Crippen LogP contribution in [-0.4, -0.2) is 36.7 Å². The average molecular weight is 333 g/mol. The number of ether oxygens (including phenoxy) is 2. The summed E-state index contributed by atoms with van der Waals surface area (Å²) < 4.78 is 10.4. The Morgan fingerprint density at radius 2 is 1.79 bits per heavy atom. The molecule has 1 aliphatic rings. The number of amides is 1. The van der Waals surface area contributed by atoms with Crippen LogP contribution >= 0.6 is 0 Å². The van der Waals surface area contributed by atoms with Crippen LogP contribution in [0.15, 0.2) is 24.3 Å². The van der Waals surface area contributed by atoms with Crippen molar-refractivity contribution in [2.24, 2.45) is 0 Å². The zero-order valence-corrected chi connectivity index (χ0v) is 14.0. The normalized spacial score (nSPS) is 16.6. The maximum absolute atomic E-state index is 12.2. The number of hydrogen-bond acceptors (Lipinski definition) is 4. The van der Waals surface area contributed by atoms with E-state index in [4.69, 9.17) is 9.47 Å². The van der Waals surface area contributed by atoms with Gasteiger partial charge in [0.1, 0.15) is 5.54 Å². The summed E-state index contributed by atoms with van der Waals surface area (Å²) in [5.41, 5.74) is -0.382. The minimum Gasteiger partial charge on any atom is -0.493 e. The first-order valence-electron chi connectivity index (χ1n) is 7.96. The molecule has 0 saturated heterocycles. The molecule has 0 spiro atoms. The lowest BCUT2D eigenvalue weighted by atomic mass is 9.81. The van der Waals surface area contributed by atoms with E-state index in [0.29, 0.717) is 24.3 Å². The number of hydrogen-bond donors (Lipinski definition) is 2. The van der Waals surface area contributed by atoms with Crippen LogP contribution in [0, 0.1) is 0 Å². The summed E-state index contributed by atoms with van der Waals surface area (Å²) >= 11 is 0. The van der Waals surface area contributed by atoms with Crippen LogP contribution in [-0.2, 0) is 9.59 Å². The molecule has 0 aliphatic heterocycles. The number of carbonyl (C=O) groups excluding carboxylic acids is 1. The van der Waals surface area contributed by atoms with Gasteiger partial charge in [-0.3, -0.25) is 4.79 Å². The highest BCUT2D eigenvalue weighted by atomic mass is 16.5. The minimum absolute atomic E-state index is 0.408. The van der Waals surface area contributed by atoms with E-state index >= 15 is 0 Å². The van der Waals surface area contributed by atoms with Gasteiger partial charge < -0.3 is 19.9 Å². The van der Waals surface area contributed by atoms with Crippen molar-refractivity contribution in [3.8, 4) is 11.5 Å². The second-order valence-electron chi connectivity index (χ2n) is 5.88. The Morgan fingerprint density at radius 3 is 2.38 bits per heavy atom. The first kappa shape index (κ1) is 17.8. The van der Waals surface area contributed by atoms with Crippen molar-refractivity contribution in [1.82, 2.24) is 5.32 Å². The zero-order valence-electron chi connectivity index (χ0n) is 14.0. The number of carbonyl (C=O) groups is 2. The average Bonchev–Trinajstić information content (AvgIpc) is 2.60. The number of nitrogens with one attached hydrogen (secondary N) is 1. The Kier molecular flexibility index (Phi) is 5.84. The topological polar surface area (TPSA) is 84.9 Å². The predicted octanol–water partition coefficient (Wildman–Crippen LogP) is 2.62. The lowest BCUT2D eigenvalue weighted by molar-refractivity contribution is -0.148. The van der Waals surface area contributed by atoms with Crippen molar-refractivity contribution in [2.75, 3.05) is 14.2 Å². The van der Waals surface area contributed by atoms with E-state index in [9.17, 15) is 14.7 Å². The van der Waals surface area contributed by atoms with Crippen molar-refractivity contribution >= 4 is 18.0 Å². The second-order valence-corrected chi connectivity index (χ2v) is 5.88. The molecule has 2 N–H and O–H groups in total. The fourth-order valence-electron chi connectivity index (χ4n) is 2.95. The fraction of sp³-hybridized carbons (Fsp3) is 0.444. The quantitative estimate of drug-likeness (QED) is 0.782. The molecule has 1 amide bonds. The minimum atomic E-state index is -1.14. The van der Waals surface area contributed by atoms with Crippen molar-refractivity contribution in [2.45, 2.75) is 37.6 Å². The van der Waals surface area contributed by atoms with E-state index in [1.807, 2.05) is 0 Å². The lowest BCUT2D eigenvalue weighted by Gasteiger charge is -2.33. The predicted molar refractivity (Wildman–Crippen MR) is 90.2 cm³/mol. The number of methoxy groups -OCH3 is 2. The molecule has 6 nitrogen and oxygen atoms in total. The number of aliphatic carboxylic acids is 1. The van der Waals surface area contributed by atoms with E-state index in [1.165, 1.54) is 13.2 Å². The van der Waals surface area contributed by atoms with Gasteiger partial charge in [0.05, 0.1) is 14.2 Å². The fourth-order valence-corrected chi connectivity index (χ4v) is 2.95. The highest BCUT2D eigenvalue weighted by Gasteiger charge is 2.40. The summed E-state index contributed by atoms with van der Waals surface area (Å²) in [6.45, 7) is 0. The Hall–Kier alpha value is -2.50. The number of rotatable bonds is 6. The SMILES string of the molecule is COc1ccc(C=CC(=O)NC2(C(=O)O)CCCCC2)cc1OC. The van der Waals surface area contributed by atoms with Gasteiger partial charge in [0.25, 0.3) is 0 Å². The van der Waals surface area contributed by atoms with Crippen molar-refractivity contribution < 1.29 is 24.2 Å². The van der Waals surface area contributed by atoms with Crippen LogP contribution in [0.2, 0.25) is 0 Å². The van der Waals surface area contributed by atoms with Crippen LogP contribution in [0.5, 0.6) is 11.5 Å². The Morgan fingerprint density at radius 1 is 1.12 bits per heavy atom. The van der Waals surface area contributed by atoms with Crippen LogP contribution in [0.3, 0.4) is 0 Å². The van der Waals surface area contributed by atoms with Crippen molar-refractivity contribution in [1.29, 1.82) is 0 Å². The Labute approximate surface area is 141 Å². The summed E-state index contributed by atoms with van der Waals surface area (Å²) in [7, 11) is 3.09. The molecule has 0 aromatic heterocycles. The van der Waals surface area contributed by atoms with Gasteiger partial charge in [-0.2, -0.15) is 0 Å². The summed E-state index contributed by atoms with van der Waals surface area (Å²) in [5.74, 6) is -0.204. The highest BCUT2D eigenvalue weighted by Crippen LogP contribution is 2.29. The molecule has 1 aromatic carbocycles. The largest absolute Gasteiger partial charge is 0.493 e. The molecular weight excluding hydrogens is 310 g/mol. The second kappa shape index (κ2) is 7.86. The van der Waals surface area contributed by atoms with Gasteiger partial charge in [-0.15, -0.1) is 0 Å². The maximum atomic E-state index is 12.2. The third-order valence-corrected chi connectivity index (χ3v) is 4.31. The third-order valence-electron chi connectivity index (χ3n) is 4.31. The Bertz CT molecular complexity index is 632. The van der Waals surface area contributed by atoms with E-state index in [-0.39, 0.29) is 0 Å². The van der Waals surface area contributed by atoms with Crippen molar-refractivity contribution in [3.63, 3.8) is 0 Å². The molecular formula is C18H23NO5. The van der Waals surface area contributed by atoms with E-state index in [0.717, 1.165) is 24.8 Å². The highest BCUT2D eigenvalue weighted by molar-refractivity contribution is 5.95. The molecule has 1 fully saturated rings. The molecule has 0 bridgehead atoms. The van der Waals surface area contributed by atoms with Gasteiger partial charge in [-0.25, -0.2) is 4.79 Å². The first-order valence-corrected chi connectivity index (χ1v) is 7.96. The van der Waals surface area contributed by atoms with Gasteiger partial charge >= 0.3 is 5.97 Å². The molecule has 1 saturated carbocycles. The van der Waals surface area contributed by atoms with Crippen molar-refractivity contribution in [3.05, 3.63) is 29.8 Å². The van der Waals surface area contributed by atoms with E-state index in [2.05, 4.69) is 5.32 Å². The molecule has 0 atom stereocenters. The molecule has 6 heteroatoms. The number of carboxylic acids is 1. The van der Waals surface area contributed by atoms with Crippen LogP contribution in [0.25, 0.3) is 6.08 Å². The molecule has 2 rings (SSSR count). The maximum Gasteiger partial charge on any atom is 0.329 e. The van der Waals surface area contributed by atoms with Gasteiger partial charge in [-0.05, 0) is 36.6 Å². The van der Waals surface area contributed by atoms with E-state index in [1.54, 1.807) is 31.4 Å². The van der Waals surface area contributed by atoms with Gasteiger partial charge in [0.2, 0.25) is 5.91 Å². The first-order chi connectivity index (χ1) is 11.5. The Balaban J connectivity index is 2.08. The molecule has 0 unspecified atom stereocenters. The molecule has 0 radical (unpaired) electrons. The van der Waals surface area contributed by atoms with Gasteiger partial charge in [-0.1, -0.05) is 25.3 Å². The summed E-state index contributed by atoms with van der Waals surface area (Å²) in [6.07, 6.45) is 6.54. The summed E-state index contributed by atoms with van der Waals surface area (Å²) in [6, 6.07) is 5.28. The van der Waals surface area contributed by atoms with Crippen LogP contribution in [0.1, 0.15) is 37.7 Å². The lowest BCUT2D eigenvalue weighted by Crippen LogP contribution is -2.55. The van der Waals surface area contributed by atoms with Gasteiger partial charge in [0, 0.05) is 6.08 Å². The molecule has 0 heterocycles. The standard InChI is InChI=1S/C18H23NO5/c1-23-14-8-6-13(12-15(14)24-2)7-9-16(20)19-18(17(21)22)10-4-3-5-11-18/h6-9,12H,3-5,10-11H2,1-2H3,(H,19,20)(H,21,22). The number of benzene rings is 1. The molecule has 1 aliphatic carbocycles.